The molecule has 8 heteroatoms. The van der Waals surface area contributed by atoms with E-state index in [9.17, 15) is 14.4 Å². The third-order valence-electron chi connectivity index (χ3n) is 4.41. The van der Waals surface area contributed by atoms with Crippen LogP contribution in [0.15, 0.2) is 60.8 Å². The van der Waals surface area contributed by atoms with Gasteiger partial charge in [0.25, 0.3) is 11.8 Å². The van der Waals surface area contributed by atoms with E-state index in [0.29, 0.717) is 28.5 Å². The van der Waals surface area contributed by atoms with Crippen LogP contribution in [-0.4, -0.2) is 38.9 Å². The number of anilines is 1. The molecule has 0 radical (unpaired) electrons. The van der Waals surface area contributed by atoms with Gasteiger partial charge in [0, 0.05) is 11.1 Å². The van der Waals surface area contributed by atoms with Crippen LogP contribution in [0.2, 0.25) is 5.02 Å². The molecule has 1 aromatic heterocycles. The molecule has 2 heterocycles. The Kier molecular flexibility index (Phi) is 4.67. The summed E-state index contributed by atoms with van der Waals surface area (Å²) < 4.78 is 1.61. The maximum atomic E-state index is 12.4. The number of fused-ring (bicyclic) bond motifs is 1. The van der Waals surface area contributed by atoms with Crippen molar-refractivity contribution in [3.8, 4) is 0 Å². The Balaban J connectivity index is 1.44. The first-order valence-corrected chi connectivity index (χ1v) is 8.92. The monoisotopic (exact) mass is 394 g/mol. The fraction of sp³-hybridized carbons (Fsp3) is 0.100. The number of nitrogens with zero attached hydrogens (tertiary/aromatic N) is 3. The molecule has 0 fully saturated rings. The molecule has 2 aromatic carbocycles. The molecule has 0 atom stereocenters. The summed E-state index contributed by atoms with van der Waals surface area (Å²) in [6.07, 6.45) is 1.56. The topological polar surface area (TPSA) is 84.3 Å². The van der Waals surface area contributed by atoms with Crippen molar-refractivity contribution in [1.29, 1.82) is 0 Å². The Morgan fingerprint density at radius 2 is 1.61 bits per heavy atom. The van der Waals surface area contributed by atoms with Crippen molar-refractivity contribution in [1.82, 2.24) is 14.7 Å². The number of hydrogen-bond acceptors (Lipinski definition) is 4. The van der Waals surface area contributed by atoms with Crippen molar-refractivity contribution in [2.45, 2.75) is 6.54 Å². The highest BCUT2D eigenvalue weighted by molar-refractivity contribution is 6.30. The van der Waals surface area contributed by atoms with E-state index in [1.165, 1.54) is 0 Å². The summed E-state index contributed by atoms with van der Waals surface area (Å²) in [5.74, 6) is -0.945. The first-order valence-electron chi connectivity index (χ1n) is 8.54. The molecule has 0 bridgehead atoms. The predicted molar refractivity (Wildman–Crippen MR) is 103 cm³/mol. The first kappa shape index (κ1) is 17.9. The lowest BCUT2D eigenvalue weighted by Crippen LogP contribution is -2.37. The second kappa shape index (κ2) is 7.28. The smallest absolute Gasteiger partial charge is 0.262 e. The maximum absolute atomic E-state index is 12.4. The molecule has 0 aliphatic carbocycles. The van der Waals surface area contributed by atoms with Crippen LogP contribution in [0, 0.1) is 0 Å². The van der Waals surface area contributed by atoms with Crippen LogP contribution in [0.5, 0.6) is 0 Å². The van der Waals surface area contributed by atoms with Gasteiger partial charge in [0.05, 0.1) is 23.9 Å². The fourth-order valence-electron chi connectivity index (χ4n) is 3.04. The SMILES string of the molecule is O=C(CN1C(=O)c2ccccc2C1=O)Nc1ccnn1Cc1ccc(Cl)cc1. The van der Waals surface area contributed by atoms with Crippen LogP contribution in [-0.2, 0) is 11.3 Å². The minimum absolute atomic E-state index is 0.313. The lowest BCUT2D eigenvalue weighted by atomic mass is 10.1. The standard InChI is InChI=1S/C20H15ClN4O3/c21-14-7-5-13(6-8-14)11-25-17(9-10-22-25)23-18(26)12-24-19(27)15-3-1-2-4-16(15)20(24)28/h1-10H,11-12H2,(H,23,26). The number of carbonyl (C=O) groups excluding carboxylic acids is 3. The lowest BCUT2D eigenvalue weighted by Gasteiger charge is -2.14. The van der Waals surface area contributed by atoms with Gasteiger partial charge < -0.3 is 5.32 Å². The third-order valence-corrected chi connectivity index (χ3v) is 4.66. The number of imide groups is 1. The lowest BCUT2D eigenvalue weighted by molar-refractivity contribution is -0.116. The molecule has 1 N–H and O–H groups in total. The quantitative estimate of drug-likeness (QED) is 0.674. The average molecular weight is 395 g/mol. The number of halogens is 1. The molecule has 4 rings (SSSR count). The van der Waals surface area contributed by atoms with Crippen molar-refractivity contribution < 1.29 is 14.4 Å². The van der Waals surface area contributed by atoms with Gasteiger partial charge in [-0.2, -0.15) is 5.10 Å². The molecule has 1 aliphatic rings. The molecule has 0 saturated carbocycles. The normalized spacial score (nSPS) is 13.0. The number of carbonyl (C=O) groups is 3. The first-order chi connectivity index (χ1) is 13.5. The van der Waals surface area contributed by atoms with Gasteiger partial charge in [-0.25, -0.2) is 4.68 Å². The molecule has 7 nitrogen and oxygen atoms in total. The second-order valence-electron chi connectivity index (χ2n) is 6.29. The molecular weight excluding hydrogens is 380 g/mol. The van der Waals surface area contributed by atoms with Gasteiger partial charge in [-0.3, -0.25) is 19.3 Å². The van der Waals surface area contributed by atoms with Crippen molar-refractivity contribution in [3.63, 3.8) is 0 Å². The van der Waals surface area contributed by atoms with Gasteiger partial charge in [0.2, 0.25) is 5.91 Å². The summed E-state index contributed by atoms with van der Waals surface area (Å²) in [7, 11) is 0. The molecule has 1 aliphatic heterocycles. The highest BCUT2D eigenvalue weighted by Crippen LogP contribution is 2.22. The Labute approximate surface area is 165 Å². The molecule has 0 unspecified atom stereocenters. The van der Waals surface area contributed by atoms with E-state index in [4.69, 9.17) is 11.6 Å². The number of hydrogen-bond donors (Lipinski definition) is 1. The van der Waals surface area contributed by atoms with E-state index in [0.717, 1.165) is 10.5 Å². The average Bonchev–Trinajstić information content (AvgIpc) is 3.22. The van der Waals surface area contributed by atoms with Crippen molar-refractivity contribution in [2.75, 3.05) is 11.9 Å². The Bertz CT molecular complexity index is 1040. The van der Waals surface area contributed by atoms with E-state index in [-0.39, 0.29) is 6.54 Å². The van der Waals surface area contributed by atoms with Crippen molar-refractivity contribution in [2.24, 2.45) is 0 Å². The Hall–Kier alpha value is -3.45. The van der Waals surface area contributed by atoms with E-state index < -0.39 is 17.7 Å². The summed E-state index contributed by atoms with van der Waals surface area (Å²) in [6.45, 7) is 0.0747. The van der Waals surface area contributed by atoms with Crippen molar-refractivity contribution >= 4 is 35.1 Å². The van der Waals surface area contributed by atoms with E-state index in [1.54, 1.807) is 53.3 Å². The van der Waals surface area contributed by atoms with Gasteiger partial charge in [0.15, 0.2) is 0 Å². The maximum Gasteiger partial charge on any atom is 0.262 e. The number of benzene rings is 2. The van der Waals surface area contributed by atoms with Crippen LogP contribution in [0.4, 0.5) is 5.82 Å². The largest absolute Gasteiger partial charge is 0.309 e. The molecule has 140 valence electrons. The minimum atomic E-state index is -0.479. The van der Waals surface area contributed by atoms with Crippen LogP contribution in [0.1, 0.15) is 26.3 Å². The minimum Gasteiger partial charge on any atom is -0.309 e. The highest BCUT2D eigenvalue weighted by Gasteiger charge is 2.36. The predicted octanol–water partition coefficient (Wildman–Crippen LogP) is 2.82. The molecule has 0 spiro atoms. The Morgan fingerprint density at radius 3 is 2.25 bits per heavy atom. The van der Waals surface area contributed by atoms with E-state index >= 15 is 0 Å². The third kappa shape index (κ3) is 3.39. The molecule has 28 heavy (non-hydrogen) atoms. The van der Waals surface area contributed by atoms with Crippen LogP contribution in [0.25, 0.3) is 0 Å². The van der Waals surface area contributed by atoms with Gasteiger partial charge >= 0.3 is 0 Å². The summed E-state index contributed by atoms with van der Waals surface area (Å²) in [4.78, 5) is 38.1. The van der Waals surface area contributed by atoms with Crippen LogP contribution >= 0.6 is 11.6 Å². The number of rotatable bonds is 5. The summed E-state index contributed by atoms with van der Waals surface area (Å²) >= 11 is 5.89. The zero-order valence-electron chi connectivity index (χ0n) is 14.6. The number of amides is 3. The number of nitrogens with one attached hydrogen (secondary N) is 1. The van der Waals surface area contributed by atoms with E-state index in [1.807, 2.05) is 12.1 Å². The zero-order chi connectivity index (χ0) is 19.7. The van der Waals surface area contributed by atoms with Crippen LogP contribution in [0.3, 0.4) is 0 Å². The molecule has 3 amide bonds. The summed E-state index contributed by atoms with van der Waals surface area (Å²) in [6, 6.07) is 15.5. The zero-order valence-corrected chi connectivity index (χ0v) is 15.4. The van der Waals surface area contributed by atoms with Gasteiger partial charge in [-0.15, -0.1) is 0 Å². The molecular formula is C20H15ClN4O3. The van der Waals surface area contributed by atoms with Gasteiger partial charge in [-0.1, -0.05) is 35.9 Å². The number of aromatic nitrogens is 2. The van der Waals surface area contributed by atoms with Crippen LogP contribution < -0.4 is 5.32 Å². The van der Waals surface area contributed by atoms with E-state index in [2.05, 4.69) is 10.4 Å². The fourth-order valence-corrected chi connectivity index (χ4v) is 3.16. The summed E-state index contributed by atoms with van der Waals surface area (Å²) in [5, 5.41) is 7.55. The van der Waals surface area contributed by atoms with Gasteiger partial charge in [-0.05, 0) is 29.8 Å². The van der Waals surface area contributed by atoms with Crippen molar-refractivity contribution in [3.05, 3.63) is 82.5 Å². The molecule has 3 aromatic rings. The Morgan fingerprint density at radius 1 is 0.964 bits per heavy atom. The second-order valence-corrected chi connectivity index (χ2v) is 6.73. The van der Waals surface area contributed by atoms with Gasteiger partial charge in [0.1, 0.15) is 12.4 Å². The summed E-state index contributed by atoms with van der Waals surface area (Å²) in [5.41, 5.74) is 1.59. The molecule has 0 saturated heterocycles. The highest BCUT2D eigenvalue weighted by atomic mass is 35.5.